The summed E-state index contributed by atoms with van der Waals surface area (Å²) in [6, 6.07) is 7.01. The molecule has 0 aliphatic rings. The van der Waals surface area contributed by atoms with Gasteiger partial charge in [-0.3, -0.25) is 0 Å². The Bertz CT molecular complexity index is 514. The molecule has 0 unspecified atom stereocenters. The van der Waals surface area contributed by atoms with Crippen molar-refractivity contribution in [2.75, 3.05) is 5.73 Å². The lowest BCUT2D eigenvalue weighted by molar-refractivity contribution is 0.555. The number of benzene rings is 1. The molecule has 0 fully saturated rings. The monoisotopic (exact) mass is 175 g/mol. The van der Waals surface area contributed by atoms with Crippen molar-refractivity contribution in [1.82, 2.24) is 0 Å². The molecule has 1 aromatic carbocycles. The second kappa shape index (κ2) is 2.62. The molecule has 1 heterocycles. The summed E-state index contributed by atoms with van der Waals surface area (Å²) in [5, 5.41) is 0.791. The first-order chi connectivity index (χ1) is 6.18. The van der Waals surface area contributed by atoms with Gasteiger partial charge in [-0.05, 0) is 25.1 Å². The van der Waals surface area contributed by atoms with Crippen molar-refractivity contribution in [3.8, 4) is 0 Å². The van der Waals surface area contributed by atoms with E-state index in [1.165, 1.54) is 0 Å². The van der Waals surface area contributed by atoms with Gasteiger partial charge in [-0.15, -0.1) is 0 Å². The molecule has 13 heavy (non-hydrogen) atoms. The third kappa shape index (κ3) is 1.18. The van der Waals surface area contributed by atoms with Crippen LogP contribution in [0.1, 0.15) is 5.56 Å². The summed E-state index contributed by atoms with van der Waals surface area (Å²) in [5.41, 5.74) is 7.15. The summed E-state index contributed by atoms with van der Waals surface area (Å²) in [7, 11) is 0. The maximum Gasteiger partial charge on any atom is 0.339 e. The summed E-state index contributed by atoms with van der Waals surface area (Å²) in [6.07, 6.45) is 0. The highest BCUT2D eigenvalue weighted by atomic mass is 16.4. The first-order valence-corrected chi connectivity index (χ1v) is 3.97. The molecule has 0 aliphatic heterocycles. The number of aryl methyl sites for hydroxylation is 1. The number of fused-ring (bicyclic) bond motifs is 1. The van der Waals surface area contributed by atoms with Gasteiger partial charge in [0.15, 0.2) is 0 Å². The second-order valence-corrected chi connectivity index (χ2v) is 2.98. The molecule has 2 rings (SSSR count). The predicted octanol–water partition coefficient (Wildman–Crippen LogP) is 1.68. The van der Waals surface area contributed by atoms with Crippen LogP contribution in [0.2, 0.25) is 0 Å². The lowest BCUT2D eigenvalue weighted by Gasteiger charge is -2.00. The van der Waals surface area contributed by atoms with Gasteiger partial charge in [-0.25, -0.2) is 4.79 Å². The molecule has 0 spiro atoms. The van der Waals surface area contributed by atoms with Crippen LogP contribution < -0.4 is 11.4 Å². The topological polar surface area (TPSA) is 56.2 Å². The molecular formula is C10H9NO2. The number of nitrogen functional groups attached to an aromatic ring is 1. The van der Waals surface area contributed by atoms with Crippen LogP contribution in [0.4, 0.5) is 5.69 Å². The molecule has 0 radical (unpaired) electrons. The first-order valence-electron chi connectivity index (χ1n) is 3.97. The fraction of sp³-hybridized carbons (Fsp3) is 0.100. The Morgan fingerprint density at radius 2 is 2.15 bits per heavy atom. The zero-order valence-corrected chi connectivity index (χ0v) is 7.20. The zero-order chi connectivity index (χ0) is 9.42. The molecule has 3 nitrogen and oxygen atoms in total. The van der Waals surface area contributed by atoms with Gasteiger partial charge in [0.05, 0.1) is 0 Å². The van der Waals surface area contributed by atoms with Gasteiger partial charge in [-0.2, -0.15) is 0 Å². The minimum Gasteiger partial charge on any atom is -0.422 e. The molecule has 3 heteroatoms. The van der Waals surface area contributed by atoms with Crippen molar-refractivity contribution >= 4 is 16.7 Å². The van der Waals surface area contributed by atoms with Crippen LogP contribution in [-0.4, -0.2) is 0 Å². The van der Waals surface area contributed by atoms with E-state index in [1.807, 2.05) is 0 Å². The third-order valence-corrected chi connectivity index (χ3v) is 1.99. The molecule has 1 aromatic heterocycles. The molecule has 0 amide bonds. The molecule has 0 aliphatic carbocycles. The maximum atomic E-state index is 11.1. The van der Waals surface area contributed by atoms with E-state index in [2.05, 4.69) is 0 Å². The lowest BCUT2D eigenvalue weighted by atomic mass is 10.1. The van der Waals surface area contributed by atoms with E-state index in [1.54, 1.807) is 31.2 Å². The van der Waals surface area contributed by atoms with Gasteiger partial charge in [0.25, 0.3) is 0 Å². The van der Waals surface area contributed by atoms with Gasteiger partial charge in [0.2, 0.25) is 0 Å². The van der Waals surface area contributed by atoms with Crippen LogP contribution >= 0.6 is 0 Å². The van der Waals surface area contributed by atoms with Crippen molar-refractivity contribution in [1.29, 1.82) is 0 Å². The highest BCUT2D eigenvalue weighted by molar-refractivity contribution is 5.88. The van der Waals surface area contributed by atoms with Gasteiger partial charge < -0.3 is 10.2 Å². The van der Waals surface area contributed by atoms with Gasteiger partial charge in [-0.1, -0.05) is 6.07 Å². The van der Waals surface area contributed by atoms with Crippen LogP contribution in [0.3, 0.4) is 0 Å². The van der Waals surface area contributed by atoms with Crippen molar-refractivity contribution in [3.05, 3.63) is 40.2 Å². The minimum absolute atomic E-state index is 0.307. The van der Waals surface area contributed by atoms with Crippen LogP contribution in [0.15, 0.2) is 33.5 Å². The average Bonchev–Trinajstić information content (AvgIpc) is 2.09. The van der Waals surface area contributed by atoms with Crippen molar-refractivity contribution in [2.24, 2.45) is 0 Å². The minimum atomic E-state index is -0.307. The quantitative estimate of drug-likeness (QED) is 0.489. The average molecular weight is 175 g/mol. The standard InChI is InChI=1S/C10H9NO2/c1-6-5-7-8(11)3-2-4-9(7)13-10(6)12/h2-5H,11H2,1H3. The molecule has 0 atom stereocenters. The van der Waals surface area contributed by atoms with Crippen LogP contribution in [0.25, 0.3) is 11.0 Å². The Labute approximate surface area is 74.8 Å². The number of rotatable bonds is 0. The number of anilines is 1. The summed E-state index contributed by atoms with van der Waals surface area (Å²) in [5.74, 6) is 0. The molecule has 0 saturated carbocycles. The normalized spacial score (nSPS) is 10.5. The Morgan fingerprint density at radius 3 is 2.92 bits per heavy atom. The molecule has 2 aromatic rings. The molecule has 2 N–H and O–H groups in total. The number of nitrogens with two attached hydrogens (primary N) is 1. The van der Waals surface area contributed by atoms with E-state index in [0.29, 0.717) is 16.8 Å². The van der Waals surface area contributed by atoms with E-state index in [9.17, 15) is 4.79 Å². The van der Waals surface area contributed by atoms with Gasteiger partial charge >= 0.3 is 5.63 Å². The zero-order valence-electron chi connectivity index (χ0n) is 7.20. The Hall–Kier alpha value is -1.77. The van der Waals surface area contributed by atoms with Gasteiger partial charge in [0, 0.05) is 16.6 Å². The van der Waals surface area contributed by atoms with Gasteiger partial charge in [0.1, 0.15) is 5.58 Å². The molecular weight excluding hydrogens is 166 g/mol. The molecule has 0 bridgehead atoms. The summed E-state index contributed by atoms with van der Waals surface area (Å²) < 4.78 is 5.04. The summed E-state index contributed by atoms with van der Waals surface area (Å²) >= 11 is 0. The Balaban J connectivity index is 2.97. The van der Waals surface area contributed by atoms with E-state index in [-0.39, 0.29) is 5.63 Å². The fourth-order valence-corrected chi connectivity index (χ4v) is 1.26. The Morgan fingerprint density at radius 1 is 1.38 bits per heavy atom. The molecule has 66 valence electrons. The highest BCUT2D eigenvalue weighted by Crippen LogP contribution is 2.19. The largest absolute Gasteiger partial charge is 0.422 e. The van der Waals surface area contributed by atoms with Crippen molar-refractivity contribution in [3.63, 3.8) is 0 Å². The maximum absolute atomic E-state index is 11.1. The van der Waals surface area contributed by atoms with Crippen LogP contribution in [0, 0.1) is 6.92 Å². The molecule has 0 saturated heterocycles. The highest BCUT2D eigenvalue weighted by Gasteiger charge is 2.02. The van der Waals surface area contributed by atoms with E-state index in [4.69, 9.17) is 10.2 Å². The van der Waals surface area contributed by atoms with E-state index < -0.39 is 0 Å². The second-order valence-electron chi connectivity index (χ2n) is 2.98. The Kier molecular flexibility index (Phi) is 1.59. The predicted molar refractivity (Wildman–Crippen MR) is 51.6 cm³/mol. The number of hydrogen-bond acceptors (Lipinski definition) is 3. The SMILES string of the molecule is Cc1cc2c(N)cccc2oc1=O. The van der Waals surface area contributed by atoms with Crippen LogP contribution in [-0.2, 0) is 0 Å². The fourth-order valence-electron chi connectivity index (χ4n) is 1.26. The van der Waals surface area contributed by atoms with E-state index >= 15 is 0 Å². The van der Waals surface area contributed by atoms with E-state index in [0.717, 1.165) is 5.39 Å². The van der Waals surface area contributed by atoms with Crippen molar-refractivity contribution in [2.45, 2.75) is 6.92 Å². The third-order valence-electron chi connectivity index (χ3n) is 1.99. The summed E-state index contributed by atoms with van der Waals surface area (Å²) in [6.45, 7) is 1.71. The van der Waals surface area contributed by atoms with Crippen LogP contribution in [0.5, 0.6) is 0 Å². The summed E-state index contributed by atoms with van der Waals surface area (Å²) in [4.78, 5) is 11.1. The first kappa shape index (κ1) is 7.86. The van der Waals surface area contributed by atoms with Crippen molar-refractivity contribution < 1.29 is 4.42 Å². The smallest absolute Gasteiger partial charge is 0.339 e. The lowest BCUT2D eigenvalue weighted by Crippen LogP contribution is -2.02. The number of hydrogen-bond donors (Lipinski definition) is 1.